The number of urea groups is 1. The molecule has 2 amide bonds. The molecule has 0 radical (unpaired) electrons. The second-order valence-electron chi connectivity index (χ2n) is 4.32. The van der Waals surface area contributed by atoms with Crippen molar-refractivity contribution in [2.75, 3.05) is 6.54 Å². The number of carbonyl (C=O) groups is 2. The number of aliphatic hydroxyl groups is 1. The summed E-state index contributed by atoms with van der Waals surface area (Å²) < 4.78 is 0. The SMILES string of the molecule is CC(NC(=O)NCCC(O)C(=O)O)c1ccc(Cl)cc1. The first-order valence-electron chi connectivity index (χ1n) is 6.11. The summed E-state index contributed by atoms with van der Waals surface area (Å²) in [6.07, 6.45) is -1.51. The molecule has 1 aromatic rings. The summed E-state index contributed by atoms with van der Waals surface area (Å²) in [6.45, 7) is 1.89. The number of carboxylic acid groups (broad SMARTS) is 1. The maximum atomic E-state index is 11.6. The smallest absolute Gasteiger partial charge is 0.332 e. The van der Waals surface area contributed by atoms with Gasteiger partial charge in [0.25, 0.3) is 0 Å². The number of hydrogen-bond donors (Lipinski definition) is 4. The Morgan fingerprint density at radius 2 is 1.90 bits per heavy atom. The maximum Gasteiger partial charge on any atom is 0.332 e. The van der Waals surface area contributed by atoms with Crippen LogP contribution < -0.4 is 10.6 Å². The summed E-state index contributed by atoms with van der Waals surface area (Å²) in [6, 6.07) is 6.44. The third-order valence-electron chi connectivity index (χ3n) is 2.71. The number of benzene rings is 1. The van der Waals surface area contributed by atoms with E-state index in [2.05, 4.69) is 10.6 Å². The highest BCUT2D eigenvalue weighted by molar-refractivity contribution is 6.30. The molecule has 0 aliphatic carbocycles. The lowest BCUT2D eigenvalue weighted by Crippen LogP contribution is -2.39. The summed E-state index contributed by atoms with van der Waals surface area (Å²) in [4.78, 5) is 21.9. The Labute approximate surface area is 121 Å². The number of nitrogens with one attached hydrogen (secondary N) is 2. The van der Waals surface area contributed by atoms with Gasteiger partial charge in [0.05, 0.1) is 6.04 Å². The zero-order valence-corrected chi connectivity index (χ0v) is 11.7. The van der Waals surface area contributed by atoms with E-state index in [1.165, 1.54) is 0 Å². The molecule has 4 N–H and O–H groups in total. The molecule has 7 heteroatoms. The van der Waals surface area contributed by atoms with E-state index in [1.54, 1.807) is 12.1 Å². The zero-order valence-electron chi connectivity index (χ0n) is 11.0. The van der Waals surface area contributed by atoms with E-state index in [-0.39, 0.29) is 19.0 Å². The van der Waals surface area contributed by atoms with E-state index in [9.17, 15) is 9.59 Å². The summed E-state index contributed by atoms with van der Waals surface area (Å²) in [5, 5.41) is 23.3. The van der Waals surface area contributed by atoms with Gasteiger partial charge >= 0.3 is 12.0 Å². The summed E-state index contributed by atoms with van der Waals surface area (Å²) in [5.41, 5.74) is 0.898. The van der Waals surface area contributed by atoms with Gasteiger partial charge in [-0.15, -0.1) is 0 Å². The molecule has 20 heavy (non-hydrogen) atoms. The minimum absolute atomic E-state index is 0.0436. The van der Waals surface area contributed by atoms with Crippen LogP contribution in [0.5, 0.6) is 0 Å². The Kier molecular flexibility index (Phi) is 6.27. The van der Waals surface area contributed by atoms with Gasteiger partial charge in [-0.1, -0.05) is 23.7 Å². The summed E-state index contributed by atoms with van der Waals surface area (Å²) >= 11 is 5.77. The molecule has 0 spiro atoms. The van der Waals surface area contributed by atoms with Gasteiger partial charge in [0.15, 0.2) is 6.10 Å². The van der Waals surface area contributed by atoms with E-state index in [0.29, 0.717) is 5.02 Å². The first kappa shape index (κ1) is 16.3. The molecule has 0 fully saturated rings. The van der Waals surface area contributed by atoms with Gasteiger partial charge in [0, 0.05) is 18.0 Å². The van der Waals surface area contributed by atoms with Crippen molar-refractivity contribution in [2.45, 2.75) is 25.5 Å². The second-order valence-corrected chi connectivity index (χ2v) is 4.75. The van der Waals surface area contributed by atoms with Crippen LogP contribution in [0.1, 0.15) is 24.9 Å². The largest absolute Gasteiger partial charge is 0.479 e. The van der Waals surface area contributed by atoms with Crippen molar-refractivity contribution >= 4 is 23.6 Å². The number of carboxylic acids is 1. The molecular formula is C13H17ClN2O4. The number of rotatable bonds is 6. The van der Waals surface area contributed by atoms with E-state index in [4.69, 9.17) is 21.8 Å². The number of aliphatic hydroxyl groups excluding tert-OH is 1. The molecule has 2 atom stereocenters. The fourth-order valence-electron chi connectivity index (χ4n) is 1.53. The Hall–Kier alpha value is -1.79. The lowest BCUT2D eigenvalue weighted by molar-refractivity contribution is -0.146. The van der Waals surface area contributed by atoms with Crippen LogP contribution in [0.25, 0.3) is 0 Å². The van der Waals surface area contributed by atoms with Crippen molar-refractivity contribution in [2.24, 2.45) is 0 Å². The van der Waals surface area contributed by atoms with Crippen LogP contribution in [-0.2, 0) is 4.79 Å². The Morgan fingerprint density at radius 1 is 1.30 bits per heavy atom. The summed E-state index contributed by atoms with van der Waals surface area (Å²) in [5.74, 6) is -1.30. The minimum atomic E-state index is -1.47. The third-order valence-corrected chi connectivity index (χ3v) is 2.96. The van der Waals surface area contributed by atoms with E-state index < -0.39 is 18.1 Å². The average Bonchev–Trinajstić information content (AvgIpc) is 2.39. The highest BCUT2D eigenvalue weighted by Gasteiger charge is 2.13. The first-order valence-corrected chi connectivity index (χ1v) is 6.48. The van der Waals surface area contributed by atoms with Crippen molar-refractivity contribution in [3.8, 4) is 0 Å². The molecule has 0 saturated carbocycles. The number of amides is 2. The van der Waals surface area contributed by atoms with Gasteiger partial charge in [-0.3, -0.25) is 0 Å². The molecule has 0 saturated heterocycles. The fraction of sp³-hybridized carbons (Fsp3) is 0.385. The third kappa shape index (κ3) is 5.46. The molecule has 0 aromatic heterocycles. The van der Waals surface area contributed by atoms with Gasteiger partial charge in [-0.05, 0) is 24.6 Å². The van der Waals surface area contributed by atoms with Crippen molar-refractivity contribution in [3.05, 3.63) is 34.9 Å². The molecule has 2 unspecified atom stereocenters. The van der Waals surface area contributed by atoms with Crippen LogP contribution in [0, 0.1) is 0 Å². The molecule has 0 aliphatic heterocycles. The van der Waals surface area contributed by atoms with Crippen LogP contribution in [0.4, 0.5) is 4.79 Å². The van der Waals surface area contributed by atoms with Crippen molar-refractivity contribution in [1.82, 2.24) is 10.6 Å². The number of hydrogen-bond acceptors (Lipinski definition) is 3. The van der Waals surface area contributed by atoms with Crippen LogP contribution in [0.2, 0.25) is 5.02 Å². The lowest BCUT2D eigenvalue weighted by Gasteiger charge is -2.15. The standard InChI is InChI=1S/C13H17ClN2O4/c1-8(9-2-4-10(14)5-3-9)16-13(20)15-7-6-11(17)12(18)19/h2-5,8,11,17H,6-7H2,1H3,(H,18,19)(H2,15,16,20). The zero-order chi connectivity index (χ0) is 15.1. The normalized spacial score (nSPS) is 13.3. The predicted octanol–water partition coefficient (Wildman–Crippen LogP) is 1.54. The molecule has 6 nitrogen and oxygen atoms in total. The van der Waals surface area contributed by atoms with Gasteiger partial charge in [0.2, 0.25) is 0 Å². The maximum absolute atomic E-state index is 11.6. The van der Waals surface area contributed by atoms with Crippen molar-refractivity contribution < 1.29 is 19.8 Å². The first-order chi connectivity index (χ1) is 9.40. The molecule has 0 bridgehead atoms. The molecule has 0 aliphatic rings. The molecule has 0 heterocycles. The van der Waals surface area contributed by atoms with Crippen LogP contribution >= 0.6 is 11.6 Å². The van der Waals surface area contributed by atoms with E-state index >= 15 is 0 Å². The van der Waals surface area contributed by atoms with Crippen LogP contribution in [-0.4, -0.2) is 34.9 Å². The highest BCUT2D eigenvalue weighted by Crippen LogP contribution is 2.15. The van der Waals surface area contributed by atoms with Crippen LogP contribution in [0.3, 0.4) is 0 Å². The van der Waals surface area contributed by atoms with Gasteiger partial charge in [-0.25, -0.2) is 9.59 Å². The number of carbonyl (C=O) groups excluding carboxylic acids is 1. The monoisotopic (exact) mass is 300 g/mol. The quantitative estimate of drug-likeness (QED) is 0.640. The van der Waals surface area contributed by atoms with Crippen molar-refractivity contribution in [3.63, 3.8) is 0 Å². The van der Waals surface area contributed by atoms with E-state index in [1.807, 2.05) is 19.1 Å². The minimum Gasteiger partial charge on any atom is -0.479 e. The highest BCUT2D eigenvalue weighted by atomic mass is 35.5. The Morgan fingerprint density at radius 3 is 2.45 bits per heavy atom. The summed E-state index contributed by atoms with van der Waals surface area (Å²) in [7, 11) is 0. The molecule has 1 rings (SSSR count). The topological polar surface area (TPSA) is 98.7 Å². The fourth-order valence-corrected chi connectivity index (χ4v) is 1.65. The predicted molar refractivity (Wildman–Crippen MR) is 74.7 cm³/mol. The van der Waals surface area contributed by atoms with Crippen LogP contribution in [0.15, 0.2) is 24.3 Å². The van der Waals surface area contributed by atoms with Gasteiger partial charge in [0.1, 0.15) is 0 Å². The van der Waals surface area contributed by atoms with E-state index in [0.717, 1.165) is 5.56 Å². The van der Waals surface area contributed by atoms with Gasteiger partial charge in [-0.2, -0.15) is 0 Å². The Balaban J connectivity index is 2.35. The lowest BCUT2D eigenvalue weighted by atomic mass is 10.1. The molecule has 110 valence electrons. The van der Waals surface area contributed by atoms with Gasteiger partial charge < -0.3 is 20.8 Å². The second kappa shape index (κ2) is 7.72. The average molecular weight is 301 g/mol. The van der Waals surface area contributed by atoms with Crippen molar-refractivity contribution in [1.29, 1.82) is 0 Å². The molecule has 1 aromatic carbocycles. The number of halogens is 1. The number of aliphatic carboxylic acids is 1. The molecular weight excluding hydrogens is 284 g/mol. The Bertz CT molecular complexity index is 464.